The van der Waals surface area contributed by atoms with E-state index in [-0.39, 0.29) is 0 Å². The first kappa shape index (κ1) is 22.0. The van der Waals surface area contributed by atoms with Gasteiger partial charge in [-0.2, -0.15) is 4.98 Å². The number of carbonyl (C=O) groups excluding carboxylic acids is 1. The van der Waals surface area contributed by atoms with E-state index in [1.54, 1.807) is 16.4 Å². The van der Waals surface area contributed by atoms with Crippen molar-refractivity contribution in [3.63, 3.8) is 0 Å². The van der Waals surface area contributed by atoms with Crippen molar-refractivity contribution in [2.75, 3.05) is 11.1 Å². The molecule has 4 rings (SSSR count). The Morgan fingerprint density at radius 3 is 2.72 bits per heavy atom. The molecule has 1 aliphatic heterocycles. The first-order chi connectivity index (χ1) is 15.5. The van der Waals surface area contributed by atoms with E-state index in [0.717, 1.165) is 23.3 Å². The number of allylic oxidation sites excluding steroid dienone is 1. The van der Waals surface area contributed by atoms with Crippen molar-refractivity contribution >= 4 is 23.6 Å². The Kier molecular flexibility index (Phi) is 6.50. The lowest BCUT2D eigenvalue weighted by atomic mass is 9.95. The summed E-state index contributed by atoms with van der Waals surface area (Å²) < 4.78 is 7.78. The predicted octanol–water partition coefficient (Wildman–Crippen LogP) is 4.44. The molecule has 7 nitrogen and oxygen atoms in total. The Morgan fingerprint density at radius 1 is 1.22 bits per heavy atom. The van der Waals surface area contributed by atoms with Gasteiger partial charge in [-0.3, -0.25) is 4.79 Å². The second-order valence-corrected chi connectivity index (χ2v) is 8.85. The van der Waals surface area contributed by atoms with Gasteiger partial charge in [0.1, 0.15) is 18.4 Å². The van der Waals surface area contributed by atoms with E-state index in [1.165, 1.54) is 5.56 Å². The third-order valence-corrected chi connectivity index (χ3v) is 6.28. The van der Waals surface area contributed by atoms with Crippen LogP contribution < -0.4 is 15.8 Å². The molecule has 2 aromatic carbocycles. The lowest BCUT2D eigenvalue weighted by Gasteiger charge is -2.27. The first-order valence-corrected chi connectivity index (χ1v) is 11.6. The summed E-state index contributed by atoms with van der Waals surface area (Å²) in [5.74, 6) is 1.74. The minimum absolute atomic E-state index is 0.458. The number of carbonyl (C=O) groups is 1. The highest BCUT2D eigenvalue weighted by atomic mass is 32.2. The van der Waals surface area contributed by atoms with Crippen LogP contribution in [0.2, 0.25) is 0 Å². The van der Waals surface area contributed by atoms with Crippen LogP contribution in [-0.2, 0) is 11.4 Å². The number of primary amides is 1. The summed E-state index contributed by atoms with van der Waals surface area (Å²) in [6.45, 7) is 6.47. The number of nitrogens with one attached hydrogen (secondary N) is 1. The fraction of sp³-hybridized carbons (Fsp3) is 0.292. The molecule has 0 aliphatic carbocycles. The number of anilines is 1. The van der Waals surface area contributed by atoms with E-state index < -0.39 is 11.9 Å². The van der Waals surface area contributed by atoms with E-state index >= 15 is 0 Å². The number of thioether (sulfide) groups is 1. The molecule has 3 aromatic rings. The molecule has 32 heavy (non-hydrogen) atoms. The van der Waals surface area contributed by atoms with Crippen molar-refractivity contribution in [2.45, 2.75) is 45.0 Å². The Balaban J connectivity index is 1.66. The molecule has 0 fully saturated rings. The van der Waals surface area contributed by atoms with Crippen LogP contribution in [0.1, 0.15) is 43.0 Å². The number of benzene rings is 2. The monoisotopic (exact) mass is 449 g/mol. The quantitative estimate of drug-likeness (QED) is 0.494. The molecule has 0 radical (unpaired) electrons. The van der Waals surface area contributed by atoms with Crippen LogP contribution in [-0.4, -0.2) is 26.4 Å². The Morgan fingerprint density at radius 2 is 2.00 bits per heavy atom. The number of hydrogen-bond acceptors (Lipinski definition) is 6. The van der Waals surface area contributed by atoms with Crippen LogP contribution in [0.4, 0.5) is 5.95 Å². The molecular weight excluding hydrogens is 422 g/mol. The summed E-state index contributed by atoms with van der Waals surface area (Å²) in [7, 11) is 0. The summed E-state index contributed by atoms with van der Waals surface area (Å²) in [5, 5.41) is 8.52. The van der Waals surface area contributed by atoms with Gasteiger partial charge in [0.05, 0.1) is 5.57 Å². The Hall–Kier alpha value is -3.26. The van der Waals surface area contributed by atoms with Gasteiger partial charge >= 0.3 is 0 Å². The largest absolute Gasteiger partial charge is 0.489 e. The zero-order chi connectivity index (χ0) is 22.7. The number of ether oxygens (including phenoxy) is 1. The topological polar surface area (TPSA) is 95.1 Å². The minimum Gasteiger partial charge on any atom is -0.489 e. The van der Waals surface area contributed by atoms with Crippen molar-refractivity contribution in [1.29, 1.82) is 0 Å². The minimum atomic E-state index is -0.491. The molecule has 2 heterocycles. The van der Waals surface area contributed by atoms with Crippen LogP contribution in [0.3, 0.4) is 0 Å². The average Bonchev–Trinajstić information content (AvgIpc) is 3.18. The summed E-state index contributed by atoms with van der Waals surface area (Å²) in [5.41, 5.74) is 10.1. The van der Waals surface area contributed by atoms with Gasteiger partial charge in [-0.15, -0.1) is 5.10 Å². The molecule has 0 bridgehead atoms. The Labute approximate surface area is 192 Å². The van der Waals surface area contributed by atoms with Gasteiger partial charge in [-0.25, -0.2) is 4.68 Å². The predicted molar refractivity (Wildman–Crippen MR) is 127 cm³/mol. The van der Waals surface area contributed by atoms with Gasteiger partial charge in [0.2, 0.25) is 17.0 Å². The number of hydrogen-bond donors (Lipinski definition) is 2. The fourth-order valence-electron chi connectivity index (χ4n) is 3.64. The molecule has 0 saturated carbocycles. The van der Waals surface area contributed by atoms with Crippen molar-refractivity contribution in [3.05, 3.63) is 76.5 Å². The summed E-state index contributed by atoms with van der Waals surface area (Å²) in [6, 6.07) is 15.5. The highest BCUT2D eigenvalue weighted by Crippen LogP contribution is 2.37. The SMILES string of the molecule is CCCSc1nc2n(n1)C(c1cccc(OCc3ccc(C)cc3)c1)C(C(N)=O)=C(C)N2. The maximum Gasteiger partial charge on any atom is 0.248 e. The fourth-order valence-corrected chi connectivity index (χ4v) is 4.32. The molecule has 166 valence electrons. The van der Waals surface area contributed by atoms with Crippen molar-refractivity contribution < 1.29 is 9.53 Å². The molecule has 8 heteroatoms. The van der Waals surface area contributed by atoms with Gasteiger partial charge < -0.3 is 15.8 Å². The van der Waals surface area contributed by atoms with Crippen LogP contribution in [0, 0.1) is 6.92 Å². The van der Waals surface area contributed by atoms with Crippen LogP contribution in [0.25, 0.3) is 0 Å². The van der Waals surface area contributed by atoms with Gasteiger partial charge in [-0.05, 0) is 43.5 Å². The number of aryl methyl sites for hydroxylation is 1. The molecule has 3 N–H and O–H groups in total. The molecule has 1 unspecified atom stereocenters. The standard InChI is InChI=1S/C24H27N5O2S/c1-4-12-32-24-27-23-26-16(3)20(22(25)30)21(29(23)28-24)18-6-5-7-19(13-18)31-14-17-10-8-15(2)9-11-17/h5-11,13,21H,4,12,14H2,1-3H3,(H2,25,30)(H,26,27,28). The number of nitrogens with two attached hydrogens (primary N) is 1. The highest BCUT2D eigenvalue weighted by molar-refractivity contribution is 7.99. The van der Waals surface area contributed by atoms with E-state index in [0.29, 0.717) is 34.7 Å². The molecule has 0 saturated heterocycles. The van der Waals surface area contributed by atoms with Crippen LogP contribution >= 0.6 is 11.8 Å². The van der Waals surface area contributed by atoms with E-state index in [9.17, 15) is 4.79 Å². The number of amides is 1. The second-order valence-electron chi connectivity index (χ2n) is 7.79. The van der Waals surface area contributed by atoms with Crippen molar-refractivity contribution in [2.24, 2.45) is 5.73 Å². The molecule has 1 atom stereocenters. The molecule has 1 aliphatic rings. The number of aromatic nitrogens is 3. The average molecular weight is 450 g/mol. The zero-order valence-electron chi connectivity index (χ0n) is 18.5. The third-order valence-electron chi connectivity index (χ3n) is 5.23. The summed E-state index contributed by atoms with van der Waals surface area (Å²) >= 11 is 1.59. The van der Waals surface area contributed by atoms with Gasteiger partial charge in [0.15, 0.2) is 0 Å². The molecule has 1 aromatic heterocycles. The second kappa shape index (κ2) is 9.48. The zero-order valence-corrected chi connectivity index (χ0v) is 19.3. The van der Waals surface area contributed by atoms with E-state index in [2.05, 4.69) is 53.5 Å². The highest BCUT2D eigenvalue weighted by Gasteiger charge is 2.33. The van der Waals surface area contributed by atoms with E-state index in [1.807, 2.05) is 31.2 Å². The van der Waals surface area contributed by atoms with Crippen LogP contribution in [0.5, 0.6) is 5.75 Å². The normalized spacial score (nSPS) is 15.3. The lowest BCUT2D eigenvalue weighted by molar-refractivity contribution is -0.115. The van der Waals surface area contributed by atoms with Crippen molar-refractivity contribution in [3.8, 4) is 5.75 Å². The summed E-state index contributed by atoms with van der Waals surface area (Å²) in [4.78, 5) is 17.0. The maximum absolute atomic E-state index is 12.4. The smallest absolute Gasteiger partial charge is 0.248 e. The van der Waals surface area contributed by atoms with Crippen LogP contribution in [0.15, 0.2) is 65.0 Å². The maximum atomic E-state index is 12.4. The first-order valence-electron chi connectivity index (χ1n) is 10.6. The lowest BCUT2D eigenvalue weighted by Crippen LogP contribution is -2.31. The molecule has 1 amide bonds. The summed E-state index contributed by atoms with van der Waals surface area (Å²) in [6.07, 6.45) is 1.02. The van der Waals surface area contributed by atoms with E-state index in [4.69, 9.17) is 10.5 Å². The van der Waals surface area contributed by atoms with Crippen molar-refractivity contribution in [1.82, 2.24) is 14.8 Å². The van der Waals surface area contributed by atoms with Gasteiger partial charge in [-0.1, -0.05) is 60.6 Å². The number of fused-ring (bicyclic) bond motifs is 1. The third kappa shape index (κ3) is 4.65. The van der Waals surface area contributed by atoms with Gasteiger partial charge in [0, 0.05) is 11.4 Å². The Bertz CT molecular complexity index is 1150. The number of nitrogens with zero attached hydrogens (tertiary/aromatic N) is 3. The number of rotatable bonds is 8. The molecular formula is C24H27N5O2S. The van der Waals surface area contributed by atoms with Gasteiger partial charge in [0.25, 0.3) is 0 Å². The molecule has 0 spiro atoms.